The Morgan fingerprint density at radius 2 is 1.70 bits per heavy atom. The molecule has 1 aliphatic heterocycles. The summed E-state index contributed by atoms with van der Waals surface area (Å²) in [5.74, 6) is -0.101. The standard InChI is InChI=1S/C20H18N6O3S/c21-19-18-20(26(30(27,28)25-19)13-15-7-3-1-4-8-15)22-11-17(24-18)12-23-29-14-16-9-5-2-6-10-16/h1-12H,13-14H2,(H2,21,25)/b23-12+. The van der Waals surface area contributed by atoms with Crippen LogP contribution in [0.5, 0.6) is 0 Å². The summed E-state index contributed by atoms with van der Waals surface area (Å²) < 4.78 is 29.8. The van der Waals surface area contributed by atoms with Gasteiger partial charge in [-0.3, -0.25) is 0 Å². The maximum atomic E-state index is 12.5. The first kappa shape index (κ1) is 19.5. The molecule has 2 aromatic carbocycles. The molecule has 10 heteroatoms. The number of fused-ring (bicyclic) bond motifs is 1. The average molecular weight is 422 g/mol. The quantitative estimate of drug-likeness (QED) is 0.479. The van der Waals surface area contributed by atoms with Crippen molar-refractivity contribution in [2.75, 3.05) is 4.31 Å². The largest absolute Gasteiger partial charge is 0.391 e. The minimum atomic E-state index is -4.01. The van der Waals surface area contributed by atoms with Gasteiger partial charge in [0.1, 0.15) is 12.3 Å². The zero-order chi connectivity index (χ0) is 21.0. The second-order valence-corrected chi connectivity index (χ2v) is 7.93. The van der Waals surface area contributed by atoms with Gasteiger partial charge in [-0.05, 0) is 11.1 Å². The molecule has 0 spiro atoms. The number of rotatable bonds is 6. The predicted molar refractivity (Wildman–Crippen MR) is 113 cm³/mol. The maximum absolute atomic E-state index is 12.5. The van der Waals surface area contributed by atoms with Crippen LogP contribution in [0, 0.1) is 0 Å². The number of hydrogen-bond acceptors (Lipinski definition) is 7. The molecule has 2 heterocycles. The van der Waals surface area contributed by atoms with Gasteiger partial charge >= 0.3 is 10.2 Å². The molecule has 0 unspecified atom stereocenters. The summed E-state index contributed by atoms with van der Waals surface area (Å²) in [6.45, 7) is 0.373. The summed E-state index contributed by atoms with van der Waals surface area (Å²) in [5, 5.41) is 3.89. The van der Waals surface area contributed by atoms with Crippen molar-refractivity contribution in [3.05, 3.63) is 89.4 Å². The minimum Gasteiger partial charge on any atom is -0.391 e. The molecule has 0 saturated carbocycles. The zero-order valence-corrected chi connectivity index (χ0v) is 16.6. The molecule has 3 aromatic rings. The molecule has 2 N–H and O–H groups in total. The Morgan fingerprint density at radius 3 is 2.40 bits per heavy atom. The lowest BCUT2D eigenvalue weighted by Gasteiger charge is -2.26. The fourth-order valence-electron chi connectivity index (χ4n) is 2.82. The van der Waals surface area contributed by atoms with Crippen LogP contribution < -0.4 is 10.0 Å². The average Bonchev–Trinajstić information content (AvgIpc) is 2.75. The van der Waals surface area contributed by atoms with E-state index in [1.807, 2.05) is 60.7 Å². The Morgan fingerprint density at radius 1 is 1.03 bits per heavy atom. The molecule has 4 rings (SSSR count). The van der Waals surface area contributed by atoms with Crippen molar-refractivity contribution in [2.45, 2.75) is 13.2 Å². The molecule has 0 amide bonds. The number of amidine groups is 1. The molecule has 0 saturated heterocycles. The molecule has 9 nitrogen and oxygen atoms in total. The van der Waals surface area contributed by atoms with Gasteiger partial charge < -0.3 is 10.6 Å². The summed E-state index contributed by atoms with van der Waals surface area (Å²) in [4.78, 5) is 13.9. The minimum absolute atomic E-state index is 0.0647. The summed E-state index contributed by atoms with van der Waals surface area (Å²) >= 11 is 0. The fraction of sp³-hybridized carbons (Fsp3) is 0.100. The molecule has 1 aromatic heterocycles. The molecule has 152 valence electrons. The maximum Gasteiger partial charge on any atom is 0.348 e. The van der Waals surface area contributed by atoms with Crippen LogP contribution in [0.3, 0.4) is 0 Å². The highest BCUT2D eigenvalue weighted by atomic mass is 32.2. The van der Waals surface area contributed by atoms with E-state index in [0.29, 0.717) is 12.3 Å². The van der Waals surface area contributed by atoms with Gasteiger partial charge in [0, 0.05) is 0 Å². The monoisotopic (exact) mass is 422 g/mol. The van der Waals surface area contributed by atoms with E-state index in [0.717, 1.165) is 15.4 Å². The van der Waals surface area contributed by atoms with Crippen LogP contribution in [0.4, 0.5) is 5.82 Å². The smallest absolute Gasteiger partial charge is 0.348 e. The number of anilines is 1. The summed E-state index contributed by atoms with van der Waals surface area (Å²) in [6.07, 6.45) is 2.79. The van der Waals surface area contributed by atoms with E-state index in [-0.39, 0.29) is 23.9 Å². The van der Waals surface area contributed by atoms with E-state index < -0.39 is 10.2 Å². The zero-order valence-electron chi connectivity index (χ0n) is 15.8. The van der Waals surface area contributed by atoms with Gasteiger partial charge in [-0.2, -0.15) is 8.42 Å². The molecule has 0 atom stereocenters. The van der Waals surface area contributed by atoms with Gasteiger partial charge in [-0.15, -0.1) is 4.40 Å². The lowest BCUT2D eigenvalue weighted by Crippen LogP contribution is -2.38. The Bertz CT molecular complexity index is 1200. The third-order valence-corrected chi connectivity index (χ3v) is 5.53. The Hall–Kier alpha value is -3.79. The van der Waals surface area contributed by atoms with Gasteiger partial charge in [-0.1, -0.05) is 65.8 Å². The number of hydrogen-bond donors (Lipinski definition) is 1. The highest BCUT2D eigenvalue weighted by Crippen LogP contribution is 2.27. The number of benzene rings is 2. The molecular weight excluding hydrogens is 404 g/mol. The Balaban J connectivity index is 1.56. The number of nitrogens with two attached hydrogens (primary N) is 1. The third-order valence-electron chi connectivity index (χ3n) is 4.25. The topological polar surface area (TPSA) is 123 Å². The molecule has 1 aliphatic rings. The number of nitrogens with zero attached hydrogens (tertiary/aromatic N) is 5. The van der Waals surface area contributed by atoms with Gasteiger partial charge in [-0.25, -0.2) is 14.3 Å². The number of aromatic nitrogens is 2. The first-order valence-corrected chi connectivity index (χ1v) is 10.4. The van der Waals surface area contributed by atoms with Gasteiger partial charge in [0.05, 0.1) is 19.0 Å². The van der Waals surface area contributed by atoms with Crippen molar-refractivity contribution in [3.8, 4) is 0 Å². The van der Waals surface area contributed by atoms with Crippen LogP contribution in [0.15, 0.2) is 76.4 Å². The molecule has 0 fully saturated rings. The van der Waals surface area contributed by atoms with Crippen molar-refractivity contribution >= 4 is 28.1 Å². The van der Waals surface area contributed by atoms with Gasteiger partial charge in [0.15, 0.2) is 17.3 Å². The molecule has 0 bridgehead atoms. The van der Waals surface area contributed by atoms with E-state index >= 15 is 0 Å². The summed E-state index contributed by atoms with van der Waals surface area (Å²) in [5.41, 5.74) is 8.14. The molecule has 30 heavy (non-hydrogen) atoms. The van der Waals surface area contributed by atoms with E-state index in [2.05, 4.69) is 19.5 Å². The van der Waals surface area contributed by atoms with Crippen LogP contribution in [0.1, 0.15) is 22.5 Å². The van der Waals surface area contributed by atoms with E-state index in [1.165, 1.54) is 12.4 Å². The highest BCUT2D eigenvalue weighted by Gasteiger charge is 2.33. The van der Waals surface area contributed by atoms with E-state index in [9.17, 15) is 8.42 Å². The normalized spacial score (nSPS) is 14.9. The van der Waals surface area contributed by atoms with Crippen LogP contribution in [-0.4, -0.2) is 30.4 Å². The SMILES string of the molecule is NC1=NS(=O)(=O)N(Cc2ccccc2)c2ncc(/C=N/OCc3ccccc3)nc21. The number of oxime groups is 1. The van der Waals surface area contributed by atoms with Crippen molar-refractivity contribution < 1.29 is 13.3 Å². The van der Waals surface area contributed by atoms with Crippen LogP contribution >= 0.6 is 0 Å². The summed E-state index contributed by atoms with van der Waals surface area (Å²) in [7, 11) is -4.01. The molecule has 0 aliphatic carbocycles. The Kier molecular flexibility index (Phi) is 5.40. The van der Waals surface area contributed by atoms with Crippen LogP contribution in [0.25, 0.3) is 0 Å². The Labute approximate surface area is 173 Å². The second kappa shape index (κ2) is 8.29. The molecule has 0 radical (unpaired) electrons. The third kappa shape index (κ3) is 4.28. The van der Waals surface area contributed by atoms with E-state index in [4.69, 9.17) is 10.6 Å². The molecular formula is C20H18N6O3S. The summed E-state index contributed by atoms with van der Waals surface area (Å²) in [6, 6.07) is 18.7. The van der Waals surface area contributed by atoms with Crippen LogP contribution in [0.2, 0.25) is 0 Å². The lowest BCUT2D eigenvalue weighted by molar-refractivity contribution is 0.132. The predicted octanol–water partition coefficient (Wildman–Crippen LogP) is 2.00. The first-order chi connectivity index (χ1) is 14.5. The van der Waals surface area contributed by atoms with Gasteiger partial charge in [0.25, 0.3) is 0 Å². The van der Waals surface area contributed by atoms with Crippen molar-refractivity contribution in [3.63, 3.8) is 0 Å². The van der Waals surface area contributed by atoms with Crippen molar-refractivity contribution in [1.82, 2.24) is 9.97 Å². The highest BCUT2D eigenvalue weighted by molar-refractivity contribution is 7.91. The second-order valence-electron chi connectivity index (χ2n) is 6.41. The van der Waals surface area contributed by atoms with Crippen molar-refractivity contribution in [1.29, 1.82) is 0 Å². The fourth-order valence-corrected chi connectivity index (χ4v) is 3.92. The first-order valence-electron chi connectivity index (χ1n) is 9.01. The van der Waals surface area contributed by atoms with Crippen LogP contribution in [-0.2, 0) is 28.2 Å². The van der Waals surface area contributed by atoms with Crippen molar-refractivity contribution in [2.24, 2.45) is 15.3 Å². The lowest BCUT2D eigenvalue weighted by atomic mass is 10.2. The van der Waals surface area contributed by atoms with Gasteiger partial charge in [0.2, 0.25) is 0 Å². The van der Waals surface area contributed by atoms with E-state index in [1.54, 1.807) is 0 Å².